The molecule has 2 aromatic rings. The zero-order valence-corrected chi connectivity index (χ0v) is 13.0. The van der Waals surface area contributed by atoms with E-state index in [2.05, 4.69) is 43.4 Å². The summed E-state index contributed by atoms with van der Waals surface area (Å²) in [6, 6.07) is 11.6. The molecule has 0 bridgehead atoms. The van der Waals surface area contributed by atoms with E-state index in [1.807, 2.05) is 6.92 Å². The first kappa shape index (κ1) is 15.1. The van der Waals surface area contributed by atoms with Gasteiger partial charge in [-0.2, -0.15) is 0 Å². The van der Waals surface area contributed by atoms with Crippen molar-refractivity contribution >= 4 is 11.8 Å². The molecule has 2 aromatic carbocycles. The van der Waals surface area contributed by atoms with E-state index in [0.717, 1.165) is 17.0 Å². The topological polar surface area (TPSA) is 12.0 Å². The summed E-state index contributed by atoms with van der Waals surface area (Å²) < 4.78 is 13.7. The van der Waals surface area contributed by atoms with Gasteiger partial charge in [-0.1, -0.05) is 36.4 Å². The number of nitrogens with one attached hydrogen (secondary N) is 1. The summed E-state index contributed by atoms with van der Waals surface area (Å²) in [5.41, 5.74) is 3.46. The fraction of sp³-hybridized carbons (Fsp3) is 0.294. The lowest BCUT2D eigenvalue weighted by atomic mass is 10.2. The van der Waals surface area contributed by atoms with Gasteiger partial charge in [-0.3, -0.25) is 0 Å². The molecule has 0 atom stereocenters. The third-order valence-corrected chi connectivity index (χ3v) is 4.22. The van der Waals surface area contributed by atoms with E-state index < -0.39 is 0 Å². The highest BCUT2D eigenvalue weighted by Gasteiger charge is 2.05. The second-order valence-electron chi connectivity index (χ2n) is 4.95. The van der Waals surface area contributed by atoms with Crippen molar-refractivity contribution < 1.29 is 4.39 Å². The largest absolute Gasteiger partial charge is 0.313 e. The Morgan fingerprint density at radius 2 is 1.90 bits per heavy atom. The molecule has 0 amide bonds. The summed E-state index contributed by atoms with van der Waals surface area (Å²) in [6.07, 6.45) is 0. The monoisotopic (exact) mass is 289 g/mol. The van der Waals surface area contributed by atoms with Gasteiger partial charge in [0.15, 0.2) is 0 Å². The summed E-state index contributed by atoms with van der Waals surface area (Å²) in [6.45, 7) is 7.81. The average Bonchev–Trinajstić information content (AvgIpc) is 2.39. The van der Waals surface area contributed by atoms with Crippen LogP contribution in [0.1, 0.15) is 23.6 Å². The van der Waals surface area contributed by atoms with Crippen LogP contribution in [0.2, 0.25) is 0 Å². The Morgan fingerprint density at radius 3 is 2.60 bits per heavy atom. The van der Waals surface area contributed by atoms with Crippen molar-refractivity contribution in [2.75, 3.05) is 6.54 Å². The van der Waals surface area contributed by atoms with Crippen molar-refractivity contribution in [1.82, 2.24) is 5.32 Å². The van der Waals surface area contributed by atoms with E-state index in [4.69, 9.17) is 0 Å². The van der Waals surface area contributed by atoms with Gasteiger partial charge in [0, 0.05) is 16.3 Å². The van der Waals surface area contributed by atoms with Crippen LogP contribution in [0.3, 0.4) is 0 Å². The van der Waals surface area contributed by atoms with Gasteiger partial charge in [0.1, 0.15) is 5.82 Å². The molecular formula is C17H20FNS. The number of rotatable bonds is 5. The molecule has 0 aliphatic carbocycles. The van der Waals surface area contributed by atoms with Gasteiger partial charge >= 0.3 is 0 Å². The second-order valence-corrected chi connectivity index (χ2v) is 6.06. The molecule has 1 N–H and O–H groups in total. The van der Waals surface area contributed by atoms with Crippen LogP contribution < -0.4 is 5.32 Å². The van der Waals surface area contributed by atoms with Gasteiger partial charge in [-0.15, -0.1) is 0 Å². The Kier molecular flexibility index (Phi) is 5.21. The predicted molar refractivity (Wildman–Crippen MR) is 83.8 cm³/mol. The average molecular weight is 289 g/mol. The summed E-state index contributed by atoms with van der Waals surface area (Å²) >= 11 is 1.62. The molecule has 0 aliphatic rings. The fourth-order valence-corrected chi connectivity index (χ4v) is 3.08. The minimum Gasteiger partial charge on any atom is -0.313 e. The standard InChI is InChI=1S/C17H20FNS/c1-4-19-11-14-8-15(18)10-16(9-14)20-17-6-5-12(2)7-13(17)3/h5-10,19H,4,11H2,1-3H3. The Morgan fingerprint density at radius 1 is 1.10 bits per heavy atom. The fourth-order valence-electron chi connectivity index (χ4n) is 2.09. The van der Waals surface area contributed by atoms with Crippen molar-refractivity contribution in [3.8, 4) is 0 Å². The molecule has 3 heteroatoms. The second kappa shape index (κ2) is 6.91. The maximum absolute atomic E-state index is 13.7. The molecule has 0 spiro atoms. The van der Waals surface area contributed by atoms with E-state index in [9.17, 15) is 4.39 Å². The molecule has 0 heterocycles. The highest BCUT2D eigenvalue weighted by molar-refractivity contribution is 7.99. The minimum atomic E-state index is -0.173. The number of hydrogen-bond acceptors (Lipinski definition) is 2. The van der Waals surface area contributed by atoms with Gasteiger partial charge in [0.25, 0.3) is 0 Å². The summed E-state index contributed by atoms with van der Waals surface area (Å²) in [7, 11) is 0. The van der Waals surface area contributed by atoms with Crippen molar-refractivity contribution in [3.63, 3.8) is 0 Å². The first-order valence-corrected chi connectivity index (χ1v) is 7.65. The van der Waals surface area contributed by atoms with Gasteiger partial charge in [-0.25, -0.2) is 4.39 Å². The minimum absolute atomic E-state index is 0.173. The first-order valence-electron chi connectivity index (χ1n) is 6.84. The van der Waals surface area contributed by atoms with E-state index in [0.29, 0.717) is 6.54 Å². The maximum atomic E-state index is 13.7. The highest BCUT2D eigenvalue weighted by Crippen LogP contribution is 2.31. The van der Waals surface area contributed by atoms with Crippen LogP contribution in [-0.2, 0) is 6.54 Å². The van der Waals surface area contributed by atoms with Crippen LogP contribution >= 0.6 is 11.8 Å². The number of benzene rings is 2. The van der Waals surface area contributed by atoms with Crippen LogP contribution in [0.15, 0.2) is 46.2 Å². The number of aryl methyl sites for hydroxylation is 2. The van der Waals surface area contributed by atoms with Crippen LogP contribution in [0.25, 0.3) is 0 Å². The van der Waals surface area contributed by atoms with Gasteiger partial charge in [0.05, 0.1) is 0 Å². The molecule has 1 nitrogen and oxygen atoms in total. The molecule has 20 heavy (non-hydrogen) atoms. The zero-order valence-electron chi connectivity index (χ0n) is 12.2. The first-order chi connectivity index (χ1) is 9.58. The molecule has 0 saturated carbocycles. The number of halogens is 1. The molecule has 0 unspecified atom stereocenters. The van der Waals surface area contributed by atoms with Crippen molar-refractivity contribution in [2.45, 2.75) is 37.1 Å². The van der Waals surface area contributed by atoms with Crippen LogP contribution in [0, 0.1) is 19.7 Å². The molecule has 2 rings (SSSR count). The molecule has 106 valence electrons. The summed E-state index contributed by atoms with van der Waals surface area (Å²) in [5, 5.41) is 3.23. The van der Waals surface area contributed by atoms with Crippen LogP contribution in [0.4, 0.5) is 4.39 Å². The lowest BCUT2D eigenvalue weighted by Gasteiger charge is -2.09. The molecule has 0 saturated heterocycles. The smallest absolute Gasteiger partial charge is 0.124 e. The Labute approximate surface area is 124 Å². The van der Waals surface area contributed by atoms with Gasteiger partial charge < -0.3 is 5.32 Å². The molecule has 0 aromatic heterocycles. The normalized spacial score (nSPS) is 10.8. The van der Waals surface area contributed by atoms with Crippen LogP contribution in [-0.4, -0.2) is 6.54 Å². The van der Waals surface area contributed by atoms with Crippen LogP contribution in [0.5, 0.6) is 0 Å². The van der Waals surface area contributed by atoms with Crippen molar-refractivity contribution in [1.29, 1.82) is 0 Å². The summed E-state index contributed by atoms with van der Waals surface area (Å²) in [5.74, 6) is -0.173. The van der Waals surface area contributed by atoms with Gasteiger partial charge in [-0.05, 0) is 55.8 Å². The molecular weight excluding hydrogens is 269 g/mol. The predicted octanol–water partition coefficient (Wildman–Crippen LogP) is 4.70. The third-order valence-electron chi connectivity index (χ3n) is 3.07. The maximum Gasteiger partial charge on any atom is 0.124 e. The van der Waals surface area contributed by atoms with Gasteiger partial charge in [0.2, 0.25) is 0 Å². The third kappa shape index (κ3) is 4.09. The lowest BCUT2D eigenvalue weighted by molar-refractivity contribution is 0.617. The van der Waals surface area contributed by atoms with E-state index in [1.165, 1.54) is 16.0 Å². The quantitative estimate of drug-likeness (QED) is 0.856. The van der Waals surface area contributed by atoms with E-state index in [1.54, 1.807) is 23.9 Å². The van der Waals surface area contributed by atoms with Crippen molar-refractivity contribution in [2.24, 2.45) is 0 Å². The zero-order chi connectivity index (χ0) is 14.5. The highest BCUT2D eigenvalue weighted by atomic mass is 32.2. The number of hydrogen-bond donors (Lipinski definition) is 1. The summed E-state index contributed by atoms with van der Waals surface area (Å²) in [4.78, 5) is 2.13. The molecule has 0 fully saturated rings. The molecule has 0 aliphatic heterocycles. The van der Waals surface area contributed by atoms with Crippen molar-refractivity contribution in [3.05, 3.63) is 58.9 Å². The lowest BCUT2D eigenvalue weighted by Crippen LogP contribution is -2.11. The van der Waals surface area contributed by atoms with E-state index in [-0.39, 0.29) is 5.82 Å². The Hall–Kier alpha value is -1.32. The molecule has 0 radical (unpaired) electrons. The SMILES string of the molecule is CCNCc1cc(F)cc(Sc2ccc(C)cc2C)c1. The Bertz CT molecular complexity index is 596. The van der Waals surface area contributed by atoms with E-state index >= 15 is 0 Å². The Balaban J connectivity index is 2.21.